The van der Waals surface area contributed by atoms with Crippen molar-refractivity contribution in [2.75, 3.05) is 13.1 Å². The lowest BCUT2D eigenvalue weighted by Gasteiger charge is -2.24. The van der Waals surface area contributed by atoms with Crippen LogP contribution < -0.4 is 5.32 Å². The van der Waals surface area contributed by atoms with Crippen molar-refractivity contribution in [3.05, 3.63) is 58.6 Å². The van der Waals surface area contributed by atoms with Gasteiger partial charge in [0.05, 0.1) is 10.6 Å². The van der Waals surface area contributed by atoms with Crippen molar-refractivity contribution in [1.29, 1.82) is 0 Å². The van der Waals surface area contributed by atoms with Crippen molar-refractivity contribution in [3.8, 4) is 0 Å². The van der Waals surface area contributed by atoms with Crippen molar-refractivity contribution >= 4 is 39.3 Å². The van der Waals surface area contributed by atoms with Gasteiger partial charge in [0.15, 0.2) is 0 Å². The summed E-state index contributed by atoms with van der Waals surface area (Å²) in [5, 5.41) is 2.99. The third kappa shape index (κ3) is 5.00. The molecular weight excluding hydrogens is 368 g/mol. The maximum atomic E-state index is 12.3. The topological polar surface area (TPSA) is 49.4 Å². The van der Waals surface area contributed by atoms with E-state index >= 15 is 0 Å². The van der Waals surface area contributed by atoms with E-state index in [4.69, 9.17) is 11.6 Å². The zero-order chi connectivity index (χ0) is 16.7. The van der Waals surface area contributed by atoms with Gasteiger partial charge in [0.1, 0.15) is 6.04 Å². The first-order valence-corrected chi connectivity index (χ1v) is 7.84. The average Bonchev–Trinajstić information content (AvgIpc) is 2.48. The molecule has 6 heteroatoms. The second-order valence-electron chi connectivity index (χ2n) is 4.64. The lowest BCUT2D eigenvalue weighted by atomic mass is 10.2. The van der Waals surface area contributed by atoms with Crippen LogP contribution in [0.5, 0.6) is 0 Å². The number of carbonyl (C=O) groups excluding carboxylic acids is 2. The molecule has 118 valence electrons. The van der Waals surface area contributed by atoms with Gasteiger partial charge in [-0.15, -0.1) is 13.2 Å². The number of benzene rings is 1. The van der Waals surface area contributed by atoms with Crippen molar-refractivity contribution < 1.29 is 9.59 Å². The molecule has 1 rings (SSSR count). The van der Waals surface area contributed by atoms with Gasteiger partial charge in [-0.2, -0.15) is 0 Å². The minimum Gasteiger partial charge on any atom is -0.340 e. The Morgan fingerprint density at radius 2 is 1.95 bits per heavy atom. The lowest BCUT2D eigenvalue weighted by Crippen LogP contribution is -2.47. The Kier molecular flexibility index (Phi) is 7.35. The van der Waals surface area contributed by atoms with Gasteiger partial charge in [0.25, 0.3) is 5.91 Å². The zero-order valence-corrected chi connectivity index (χ0v) is 14.7. The molecule has 1 atom stereocenters. The molecule has 22 heavy (non-hydrogen) atoms. The number of hydrogen-bond acceptors (Lipinski definition) is 2. The van der Waals surface area contributed by atoms with E-state index in [1.165, 1.54) is 0 Å². The van der Waals surface area contributed by atoms with Crippen LogP contribution in [0.2, 0.25) is 5.02 Å². The molecule has 0 aliphatic rings. The van der Waals surface area contributed by atoms with E-state index in [2.05, 4.69) is 34.4 Å². The van der Waals surface area contributed by atoms with E-state index < -0.39 is 11.9 Å². The van der Waals surface area contributed by atoms with Gasteiger partial charge < -0.3 is 10.2 Å². The molecular formula is C16H18BrClN2O2. The molecule has 1 aromatic rings. The van der Waals surface area contributed by atoms with Crippen molar-refractivity contribution in [1.82, 2.24) is 10.2 Å². The highest BCUT2D eigenvalue weighted by atomic mass is 79.9. The molecule has 0 saturated carbocycles. The third-order valence-corrected chi connectivity index (χ3v) is 3.72. The lowest BCUT2D eigenvalue weighted by molar-refractivity contribution is -0.131. The maximum Gasteiger partial charge on any atom is 0.253 e. The minimum absolute atomic E-state index is 0.209. The molecule has 0 fully saturated rings. The van der Waals surface area contributed by atoms with E-state index in [1.54, 1.807) is 42.2 Å². The molecule has 0 bridgehead atoms. The molecule has 0 aromatic heterocycles. The predicted molar refractivity (Wildman–Crippen MR) is 93.1 cm³/mol. The Balaban J connectivity index is 2.81. The van der Waals surface area contributed by atoms with Gasteiger partial charge >= 0.3 is 0 Å². The largest absolute Gasteiger partial charge is 0.340 e. The molecule has 1 N–H and O–H groups in total. The second-order valence-corrected chi connectivity index (χ2v) is 5.96. The van der Waals surface area contributed by atoms with Crippen LogP contribution in [0.15, 0.2) is 48.0 Å². The van der Waals surface area contributed by atoms with E-state index in [0.29, 0.717) is 23.7 Å². The van der Waals surface area contributed by atoms with Crippen LogP contribution in [0.3, 0.4) is 0 Å². The Hall–Kier alpha value is -1.59. The van der Waals surface area contributed by atoms with Crippen LogP contribution >= 0.6 is 27.5 Å². The number of carbonyl (C=O) groups is 2. The van der Waals surface area contributed by atoms with Crippen molar-refractivity contribution in [2.24, 2.45) is 0 Å². The Bertz CT molecular complexity index is 580. The standard InChI is InChI=1S/C16H18BrClN2O2/c1-4-8-20(9-5-2)16(22)11(3)19-15(21)13-10-12(17)6-7-14(13)18/h4-7,10-11H,1-2,8-9H2,3H3,(H,19,21). The first-order chi connectivity index (χ1) is 10.4. The molecule has 0 heterocycles. The monoisotopic (exact) mass is 384 g/mol. The fourth-order valence-corrected chi connectivity index (χ4v) is 2.41. The van der Waals surface area contributed by atoms with Crippen LogP contribution in [-0.4, -0.2) is 35.8 Å². The molecule has 2 amide bonds. The van der Waals surface area contributed by atoms with Gasteiger partial charge in [-0.25, -0.2) is 0 Å². The summed E-state index contributed by atoms with van der Waals surface area (Å²) in [6, 6.07) is 4.29. The predicted octanol–water partition coefficient (Wildman–Crippen LogP) is 3.42. The Labute approximate surface area is 144 Å². The van der Waals surface area contributed by atoms with Crippen molar-refractivity contribution in [2.45, 2.75) is 13.0 Å². The van der Waals surface area contributed by atoms with Crippen LogP contribution in [0.1, 0.15) is 17.3 Å². The van der Waals surface area contributed by atoms with Crippen LogP contribution in [0.4, 0.5) is 0 Å². The summed E-state index contributed by atoms with van der Waals surface area (Å²) >= 11 is 9.30. The quantitative estimate of drug-likeness (QED) is 0.731. The van der Waals surface area contributed by atoms with Gasteiger partial charge in [0, 0.05) is 17.6 Å². The Morgan fingerprint density at radius 1 is 1.36 bits per heavy atom. The van der Waals surface area contributed by atoms with Gasteiger partial charge in [-0.05, 0) is 25.1 Å². The summed E-state index contributed by atoms with van der Waals surface area (Å²) in [5.41, 5.74) is 0.315. The van der Waals surface area contributed by atoms with E-state index in [9.17, 15) is 9.59 Å². The third-order valence-electron chi connectivity index (χ3n) is 2.90. The van der Waals surface area contributed by atoms with Crippen molar-refractivity contribution in [3.63, 3.8) is 0 Å². The van der Waals surface area contributed by atoms with E-state index in [0.717, 1.165) is 4.47 Å². The van der Waals surface area contributed by atoms with Crippen LogP contribution in [0.25, 0.3) is 0 Å². The first kappa shape index (κ1) is 18.5. The van der Waals surface area contributed by atoms with Crippen LogP contribution in [-0.2, 0) is 4.79 Å². The number of rotatable bonds is 7. The average molecular weight is 386 g/mol. The zero-order valence-electron chi connectivity index (χ0n) is 12.3. The molecule has 0 spiro atoms. The summed E-state index contributed by atoms with van der Waals surface area (Å²) in [5.74, 6) is -0.608. The van der Waals surface area contributed by atoms with Gasteiger partial charge in [0.2, 0.25) is 5.91 Å². The second kappa shape index (κ2) is 8.76. The van der Waals surface area contributed by atoms with E-state index in [1.807, 2.05) is 0 Å². The maximum absolute atomic E-state index is 12.3. The number of nitrogens with one attached hydrogen (secondary N) is 1. The summed E-state index contributed by atoms with van der Waals surface area (Å²) in [6.45, 7) is 9.65. The molecule has 0 aliphatic heterocycles. The number of amides is 2. The highest BCUT2D eigenvalue weighted by molar-refractivity contribution is 9.10. The highest BCUT2D eigenvalue weighted by Gasteiger charge is 2.22. The molecule has 4 nitrogen and oxygen atoms in total. The number of hydrogen-bond donors (Lipinski definition) is 1. The molecule has 0 radical (unpaired) electrons. The van der Waals surface area contributed by atoms with Gasteiger partial charge in [-0.3, -0.25) is 9.59 Å². The fourth-order valence-electron chi connectivity index (χ4n) is 1.85. The Morgan fingerprint density at radius 3 is 2.50 bits per heavy atom. The first-order valence-electron chi connectivity index (χ1n) is 6.67. The van der Waals surface area contributed by atoms with Gasteiger partial charge in [-0.1, -0.05) is 39.7 Å². The SMILES string of the molecule is C=CCN(CC=C)C(=O)C(C)NC(=O)c1cc(Br)ccc1Cl. The summed E-state index contributed by atoms with van der Waals surface area (Å²) < 4.78 is 0.737. The number of halogens is 2. The molecule has 0 aliphatic carbocycles. The smallest absolute Gasteiger partial charge is 0.253 e. The van der Waals surface area contributed by atoms with E-state index in [-0.39, 0.29) is 5.91 Å². The normalized spacial score (nSPS) is 11.4. The summed E-state index contributed by atoms with van der Waals surface area (Å²) in [4.78, 5) is 26.1. The summed E-state index contributed by atoms with van der Waals surface area (Å²) in [6.07, 6.45) is 3.25. The fraction of sp³-hybridized carbons (Fsp3) is 0.250. The highest BCUT2D eigenvalue weighted by Crippen LogP contribution is 2.21. The molecule has 1 unspecified atom stereocenters. The summed E-state index contributed by atoms with van der Waals surface area (Å²) in [7, 11) is 0. The molecule has 0 saturated heterocycles. The number of nitrogens with zero attached hydrogens (tertiary/aromatic N) is 1. The molecule has 1 aromatic carbocycles. The minimum atomic E-state index is -0.678. The van der Waals surface area contributed by atoms with Crippen LogP contribution in [0, 0.1) is 0 Å².